The number of nitrogens with zero attached hydrogens (tertiary/aromatic N) is 4. The molecule has 0 N–H and O–H groups in total. The number of halogens is 3. The third-order valence-corrected chi connectivity index (χ3v) is 3.61. The molecule has 108 valence electrons. The number of rotatable bonds is 3. The Bertz CT molecular complexity index is 787. The van der Waals surface area contributed by atoms with Crippen LogP contribution < -0.4 is 0 Å². The Labute approximate surface area is 130 Å². The molecule has 0 saturated heterocycles. The average molecular weight is 325 g/mol. The fraction of sp³-hybridized carbons (Fsp3) is 0.214. The van der Waals surface area contributed by atoms with E-state index >= 15 is 0 Å². The van der Waals surface area contributed by atoms with Crippen LogP contribution in [0, 0.1) is 5.82 Å². The highest BCUT2D eigenvalue weighted by Crippen LogP contribution is 2.28. The molecular weight excluding hydrogens is 314 g/mol. The number of hydrogen-bond donors (Lipinski definition) is 0. The second-order valence-electron chi connectivity index (χ2n) is 4.64. The monoisotopic (exact) mass is 324 g/mol. The molecule has 0 aliphatic carbocycles. The van der Waals surface area contributed by atoms with Crippen molar-refractivity contribution in [3.63, 3.8) is 0 Å². The van der Waals surface area contributed by atoms with Crippen LogP contribution in [0.2, 0.25) is 5.02 Å². The molecule has 7 heteroatoms. The van der Waals surface area contributed by atoms with Crippen molar-refractivity contribution in [1.82, 2.24) is 19.7 Å². The van der Waals surface area contributed by atoms with Crippen molar-refractivity contribution in [3.05, 3.63) is 52.8 Å². The van der Waals surface area contributed by atoms with Crippen molar-refractivity contribution < 1.29 is 4.39 Å². The molecule has 4 nitrogen and oxygen atoms in total. The van der Waals surface area contributed by atoms with Crippen LogP contribution in [0.1, 0.15) is 23.8 Å². The van der Waals surface area contributed by atoms with Crippen molar-refractivity contribution in [2.75, 3.05) is 0 Å². The van der Waals surface area contributed by atoms with Gasteiger partial charge in [-0.2, -0.15) is 10.2 Å². The van der Waals surface area contributed by atoms with E-state index in [1.165, 1.54) is 12.1 Å². The maximum Gasteiger partial charge on any atom is 0.144 e. The van der Waals surface area contributed by atoms with Gasteiger partial charge in [0.05, 0.1) is 33.7 Å². The van der Waals surface area contributed by atoms with Gasteiger partial charge in [-0.3, -0.25) is 0 Å². The Morgan fingerprint density at radius 2 is 2.19 bits per heavy atom. The molecule has 0 fully saturated rings. The van der Waals surface area contributed by atoms with E-state index in [2.05, 4.69) is 15.2 Å². The van der Waals surface area contributed by atoms with E-state index in [0.717, 1.165) is 5.69 Å². The molecule has 21 heavy (non-hydrogen) atoms. The van der Waals surface area contributed by atoms with Crippen LogP contribution in [0.25, 0.3) is 11.0 Å². The zero-order chi connectivity index (χ0) is 15.0. The first-order chi connectivity index (χ1) is 10.1. The molecular formula is C14H11Cl2FN4. The standard InChI is InChI=1S/C14H11Cl2FN4/c1-8(15)14-19-12-5-10(16)11(17)6-13(12)21(14)7-9-3-2-4-18-20-9/h2-6,8H,7H2,1H3. The number of alkyl halides is 1. The molecule has 0 radical (unpaired) electrons. The molecule has 0 spiro atoms. The molecule has 0 bridgehead atoms. The minimum Gasteiger partial charge on any atom is -0.320 e. The molecule has 1 atom stereocenters. The van der Waals surface area contributed by atoms with Gasteiger partial charge in [-0.15, -0.1) is 11.6 Å². The lowest BCUT2D eigenvalue weighted by molar-refractivity contribution is 0.628. The Balaban J connectivity index is 2.18. The maximum absolute atomic E-state index is 13.7. The topological polar surface area (TPSA) is 43.6 Å². The van der Waals surface area contributed by atoms with Crippen molar-refractivity contribution in [3.8, 4) is 0 Å². The summed E-state index contributed by atoms with van der Waals surface area (Å²) in [6, 6.07) is 6.50. The van der Waals surface area contributed by atoms with E-state index in [1.54, 1.807) is 12.3 Å². The number of fused-ring (bicyclic) bond motifs is 1. The summed E-state index contributed by atoms with van der Waals surface area (Å²) in [6.07, 6.45) is 1.60. The van der Waals surface area contributed by atoms with Crippen molar-refractivity contribution >= 4 is 34.2 Å². The third-order valence-electron chi connectivity index (χ3n) is 3.12. The average Bonchev–Trinajstić information content (AvgIpc) is 2.79. The minimum atomic E-state index is -0.488. The molecule has 2 aromatic heterocycles. The first-order valence-corrected chi connectivity index (χ1v) is 7.13. The molecule has 3 aromatic rings. The van der Waals surface area contributed by atoms with Crippen LogP contribution in [0.15, 0.2) is 30.5 Å². The Hall–Kier alpha value is -1.72. The van der Waals surface area contributed by atoms with Gasteiger partial charge < -0.3 is 4.57 Å². The van der Waals surface area contributed by atoms with Crippen LogP contribution >= 0.6 is 23.2 Å². The predicted octanol–water partition coefficient (Wildman–Crippen LogP) is 3.97. The number of aromatic nitrogens is 4. The van der Waals surface area contributed by atoms with Crippen LogP contribution in [0.3, 0.4) is 0 Å². The lowest BCUT2D eigenvalue weighted by Gasteiger charge is -2.09. The highest BCUT2D eigenvalue weighted by atomic mass is 35.5. The van der Waals surface area contributed by atoms with Gasteiger partial charge >= 0.3 is 0 Å². The van der Waals surface area contributed by atoms with Gasteiger partial charge in [0.15, 0.2) is 0 Å². The summed E-state index contributed by atoms with van der Waals surface area (Å²) in [5.74, 6) is 0.150. The highest BCUT2D eigenvalue weighted by molar-refractivity contribution is 6.31. The summed E-state index contributed by atoms with van der Waals surface area (Å²) in [7, 11) is 0. The highest BCUT2D eigenvalue weighted by Gasteiger charge is 2.17. The summed E-state index contributed by atoms with van der Waals surface area (Å²) in [4.78, 5) is 4.44. The Morgan fingerprint density at radius 1 is 1.38 bits per heavy atom. The van der Waals surface area contributed by atoms with Crippen LogP contribution in [-0.4, -0.2) is 19.7 Å². The molecule has 1 aromatic carbocycles. The second kappa shape index (κ2) is 5.58. The SMILES string of the molecule is CC(Cl)c1nc2cc(Cl)c(F)cc2n1Cc1cccnn1. The van der Waals surface area contributed by atoms with Gasteiger partial charge in [0.2, 0.25) is 0 Å². The van der Waals surface area contributed by atoms with Crippen LogP contribution in [0.4, 0.5) is 4.39 Å². The summed E-state index contributed by atoms with van der Waals surface area (Å²) in [5.41, 5.74) is 1.98. The fourth-order valence-electron chi connectivity index (χ4n) is 2.19. The number of benzene rings is 1. The van der Waals surface area contributed by atoms with E-state index in [4.69, 9.17) is 23.2 Å². The van der Waals surface area contributed by atoms with Crippen molar-refractivity contribution in [1.29, 1.82) is 0 Å². The van der Waals surface area contributed by atoms with Crippen molar-refractivity contribution in [2.24, 2.45) is 0 Å². The van der Waals surface area contributed by atoms with Crippen molar-refractivity contribution in [2.45, 2.75) is 18.8 Å². The van der Waals surface area contributed by atoms with E-state index in [1.807, 2.05) is 17.6 Å². The lowest BCUT2D eigenvalue weighted by atomic mass is 10.3. The Morgan fingerprint density at radius 3 is 2.86 bits per heavy atom. The molecule has 3 rings (SSSR count). The third kappa shape index (κ3) is 2.71. The van der Waals surface area contributed by atoms with Gasteiger partial charge in [0.25, 0.3) is 0 Å². The molecule has 0 saturated carbocycles. The van der Waals surface area contributed by atoms with E-state index < -0.39 is 5.82 Å². The van der Waals surface area contributed by atoms with Gasteiger partial charge in [-0.1, -0.05) is 11.6 Å². The van der Waals surface area contributed by atoms with E-state index in [0.29, 0.717) is 23.4 Å². The maximum atomic E-state index is 13.7. The van der Waals surface area contributed by atoms with Crippen LogP contribution in [0.5, 0.6) is 0 Å². The number of hydrogen-bond acceptors (Lipinski definition) is 3. The van der Waals surface area contributed by atoms with E-state index in [-0.39, 0.29) is 10.4 Å². The second-order valence-corrected chi connectivity index (χ2v) is 5.70. The predicted molar refractivity (Wildman–Crippen MR) is 80.1 cm³/mol. The molecule has 0 amide bonds. The van der Waals surface area contributed by atoms with E-state index in [9.17, 15) is 4.39 Å². The van der Waals surface area contributed by atoms with Gasteiger partial charge in [0.1, 0.15) is 11.6 Å². The zero-order valence-electron chi connectivity index (χ0n) is 11.1. The fourth-order valence-corrected chi connectivity index (χ4v) is 2.51. The molecule has 0 aliphatic rings. The number of imidazole rings is 1. The summed E-state index contributed by atoms with van der Waals surface area (Å²) in [5, 5.41) is 7.60. The van der Waals surface area contributed by atoms with Crippen LogP contribution in [-0.2, 0) is 6.54 Å². The largest absolute Gasteiger partial charge is 0.320 e. The smallest absolute Gasteiger partial charge is 0.144 e. The van der Waals surface area contributed by atoms with Gasteiger partial charge in [0, 0.05) is 12.3 Å². The zero-order valence-corrected chi connectivity index (χ0v) is 12.6. The molecule has 1 unspecified atom stereocenters. The van der Waals surface area contributed by atoms with Gasteiger partial charge in [-0.25, -0.2) is 9.37 Å². The quantitative estimate of drug-likeness (QED) is 0.685. The normalized spacial score (nSPS) is 12.8. The first kappa shape index (κ1) is 14.2. The first-order valence-electron chi connectivity index (χ1n) is 6.32. The Kier molecular flexibility index (Phi) is 3.78. The summed E-state index contributed by atoms with van der Waals surface area (Å²) >= 11 is 12.0. The van der Waals surface area contributed by atoms with Gasteiger partial charge in [-0.05, 0) is 25.1 Å². The molecule has 2 heterocycles. The summed E-state index contributed by atoms with van der Waals surface area (Å²) < 4.78 is 15.6. The molecule has 0 aliphatic heterocycles. The minimum absolute atomic E-state index is 0.0421. The summed E-state index contributed by atoms with van der Waals surface area (Å²) in [6.45, 7) is 2.23. The lowest BCUT2D eigenvalue weighted by Crippen LogP contribution is -2.07.